The lowest BCUT2D eigenvalue weighted by molar-refractivity contribution is -0.116. The summed E-state index contributed by atoms with van der Waals surface area (Å²) in [7, 11) is 1.81. The maximum atomic E-state index is 11.7. The molecule has 1 aromatic heterocycles. The third kappa shape index (κ3) is 4.12. The summed E-state index contributed by atoms with van der Waals surface area (Å²) in [4.78, 5) is 11.7. The van der Waals surface area contributed by atoms with Gasteiger partial charge in [-0.3, -0.25) is 9.48 Å². The first-order valence-electron chi connectivity index (χ1n) is 6.63. The number of amides is 1. The van der Waals surface area contributed by atoms with Crippen LogP contribution in [-0.4, -0.2) is 22.3 Å². The van der Waals surface area contributed by atoms with Gasteiger partial charge >= 0.3 is 0 Å². The molecule has 2 aromatic rings. The summed E-state index contributed by atoms with van der Waals surface area (Å²) in [5.41, 5.74) is 1.10. The zero-order valence-corrected chi connectivity index (χ0v) is 11.8. The van der Waals surface area contributed by atoms with E-state index in [1.54, 1.807) is 16.9 Å². The van der Waals surface area contributed by atoms with Crippen molar-refractivity contribution in [1.29, 1.82) is 0 Å². The molecular weight excluding hydrogens is 254 g/mol. The van der Waals surface area contributed by atoms with Crippen molar-refractivity contribution in [3.05, 3.63) is 42.1 Å². The van der Waals surface area contributed by atoms with Crippen LogP contribution in [0.25, 0.3) is 0 Å². The molecule has 0 bridgehead atoms. The molecule has 1 heterocycles. The highest BCUT2D eigenvalue weighted by atomic mass is 16.5. The average Bonchev–Trinajstić information content (AvgIpc) is 2.82. The summed E-state index contributed by atoms with van der Waals surface area (Å²) in [5, 5.41) is 6.84. The lowest BCUT2D eigenvalue weighted by atomic mass is 10.2. The summed E-state index contributed by atoms with van der Waals surface area (Å²) < 4.78 is 7.29. The fraction of sp³-hybridized carbons (Fsp3) is 0.333. The number of rotatable bonds is 6. The third-order valence-corrected chi connectivity index (χ3v) is 2.88. The second-order valence-electron chi connectivity index (χ2n) is 4.64. The van der Waals surface area contributed by atoms with Crippen molar-refractivity contribution >= 4 is 11.7 Å². The molecule has 0 unspecified atom stereocenters. The van der Waals surface area contributed by atoms with Crippen molar-refractivity contribution in [1.82, 2.24) is 9.78 Å². The summed E-state index contributed by atoms with van der Waals surface area (Å²) in [6.07, 6.45) is 2.88. The predicted molar refractivity (Wildman–Crippen MR) is 77.7 cm³/mol. The molecule has 0 spiro atoms. The van der Waals surface area contributed by atoms with E-state index < -0.39 is 0 Å². The van der Waals surface area contributed by atoms with Crippen molar-refractivity contribution < 1.29 is 9.53 Å². The minimum Gasteiger partial charge on any atom is -0.493 e. The molecule has 2 rings (SSSR count). The van der Waals surface area contributed by atoms with E-state index in [1.807, 2.05) is 38.2 Å². The molecule has 5 nitrogen and oxygen atoms in total. The first-order valence-corrected chi connectivity index (χ1v) is 6.63. The number of hydrogen-bond donors (Lipinski definition) is 1. The molecule has 0 fully saturated rings. The van der Waals surface area contributed by atoms with E-state index in [2.05, 4.69) is 10.4 Å². The molecule has 0 aliphatic heterocycles. The fourth-order valence-corrected chi connectivity index (χ4v) is 1.82. The van der Waals surface area contributed by atoms with Crippen LogP contribution in [0.2, 0.25) is 0 Å². The van der Waals surface area contributed by atoms with Crippen LogP contribution in [0.4, 0.5) is 5.82 Å². The zero-order valence-electron chi connectivity index (χ0n) is 11.8. The largest absolute Gasteiger partial charge is 0.493 e. The van der Waals surface area contributed by atoms with Gasteiger partial charge in [0.15, 0.2) is 5.82 Å². The number of aromatic nitrogens is 2. The molecule has 1 amide bonds. The van der Waals surface area contributed by atoms with Crippen LogP contribution in [0, 0.1) is 6.92 Å². The van der Waals surface area contributed by atoms with Gasteiger partial charge in [0, 0.05) is 25.7 Å². The molecule has 0 radical (unpaired) electrons. The molecule has 5 heteroatoms. The maximum absolute atomic E-state index is 11.7. The number of hydrogen-bond acceptors (Lipinski definition) is 3. The van der Waals surface area contributed by atoms with E-state index in [-0.39, 0.29) is 5.91 Å². The molecule has 0 saturated heterocycles. The van der Waals surface area contributed by atoms with Crippen molar-refractivity contribution in [3.8, 4) is 5.75 Å². The van der Waals surface area contributed by atoms with Crippen molar-refractivity contribution in [2.45, 2.75) is 19.8 Å². The second-order valence-corrected chi connectivity index (χ2v) is 4.64. The van der Waals surface area contributed by atoms with Gasteiger partial charge < -0.3 is 10.1 Å². The number of aryl methyl sites for hydroxylation is 2. The molecule has 0 atom stereocenters. The molecule has 0 aliphatic rings. The van der Waals surface area contributed by atoms with Gasteiger partial charge in [-0.25, -0.2) is 0 Å². The standard InChI is InChI=1S/C15H19N3O2/c1-12-6-3-4-7-13(12)20-11-5-8-15(19)16-14-9-10-18(2)17-14/h3-4,6-7,9-10H,5,8,11H2,1-2H3,(H,16,17,19). The quantitative estimate of drug-likeness (QED) is 0.823. The Kier molecular flexibility index (Phi) is 4.76. The van der Waals surface area contributed by atoms with Gasteiger partial charge in [-0.2, -0.15) is 5.10 Å². The van der Waals surface area contributed by atoms with Crippen molar-refractivity contribution in [2.24, 2.45) is 7.05 Å². The van der Waals surface area contributed by atoms with E-state index in [0.29, 0.717) is 25.3 Å². The Morgan fingerprint density at radius 3 is 2.85 bits per heavy atom. The molecule has 106 valence electrons. The van der Waals surface area contributed by atoms with Crippen LogP contribution in [-0.2, 0) is 11.8 Å². The van der Waals surface area contributed by atoms with Gasteiger partial charge in [0.25, 0.3) is 0 Å². The Hall–Kier alpha value is -2.30. The lowest BCUT2D eigenvalue weighted by Gasteiger charge is -2.08. The smallest absolute Gasteiger partial charge is 0.225 e. The van der Waals surface area contributed by atoms with E-state index in [4.69, 9.17) is 4.74 Å². The monoisotopic (exact) mass is 273 g/mol. The first-order chi connectivity index (χ1) is 9.65. The number of nitrogens with zero attached hydrogens (tertiary/aromatic N) is 2. The van der Waals surface area contributed by atoms with Crippen LogP contribution >= 0.6 is 0 Å². The third-order valence-electron chi connectivity index (χ3n) is 2.88. The number of para-hydroxylation sites is 1. The summed E-state index contributed by atoms with van der Waals surface area (Å²) in [6, 6.07) is 9.62. The van der Waals surface area contributed by atoms with Crippen LogP contribution in [0.5, 0.6) is 5.75 Å². The fourth-order valence-electron chi connectivity index (χ4n) is 1.82. The van der Waals surface area contributed by atoms with Crippen molar-refractivity contribution in [3.63, 3.8) is 0 Å². The molecular formula is C15H19N3O2. The van der Waals surface area contributed by atoms with Crippen LogP contribution < -0.4 is 10.1 Å². The Morgan fingerprint density at radius 1 is 1.35 bits per heavy atom. The SMILES string of the molecule is Cc1ccccc1OCCCC(=O)Nc1ccn(C)n1. The highest BCUT2D eigenvalue weighted by Crippen LogP contribution is 2.16. The average molecular weight is 273 g/mol. The highest BCUT2D eigenvalue weighted by molar-refractivity contribution is 5.89. The molecule has 1 N–H and O–H groups in total. The zero-order chi connectivity index (χ0) is 14.4. The predicted octanol–water partition coefficient (Wildman–Crippen LogP) is 2.53. The summed E-state index contributed by atoms with van der Waals surface area (Å²) in [6.45, 7) is 2.53. The minimum absolute atomic E-state index is 0.0444. The number of ether oxygens (including phenoxy) is 1. The van der Waals surface area contributed by atoms with Gasteiger partial charge in [-0.1, -0.05) is 18.2 Å². The van der Waals surface area contributed by atoms with Crippen LogP contribution in [0.1, 0.15) is 18.4 Å². The van der Waals surface area contributed by atoms with Crippen LogP contribution in [0.15, 0.2) is 36.5 Å². The Bertz CT molecular complexity index is 578. The molecule has 0 aliphatic carbocycles. The molecule has 20 heavy (non-hydrogen) atoms. The lowest BCUT2D eigenvalue weighted by Crippen LogP contribution is -2.13. The van der Waals surface area contributed by atoms with Gasteiger partial charge in [0.1, 0.15) is 5.75 Å². The summed E-state index contributed by atoms with van der Waals surface area (Å²) >= 11 is 0. The van der Waals surface area contributed by atoms with Crippen LogP contribution in [0.3, 0.4) is 0 Å². The highest BCUT2D eigenvalue weighted by Gasteiger charge is 2.05. The van der Waals surface area contributed by atoms with Gasteiger partial charge in [0.05, 0.1) is 6.61 Å². The van der Waals surface area contributed by atoms with E-state index in [1.165, 1.54) is 0 Å². The summed E-state index contributed by atoms with van der Waals surface area (Å²) in [5.74, 6) is 1.41. The number of benzene rings is 1. The Balaban J connectivity index is 1.68. The second kappa shape index (κ2) is 6.75. The van der Waals surface area contributed by atoms with Gasteiger partial charge in [-0.05, 0) is 25.0 Å². The number of carbonyl (C=O) groups is 1. The van der Waals surface area contributed by atoms with Gasteiger partial charge in [-0.15, -0.1) is 0 Å². The van der Waals surface area contributed by atoms with Gasteiger partial charge in [0.2, 0.25) is 5.91 Å². The topological polar surface area (TPSA) is 56.1 Å². The molecule has 1 aromatic carbocycles. The first kappa shape index (κ1) is 14.1. The maximum Gasteiger partial charge on any atom is 0.225 e. The van der Waals surface area contributed by atoms with E-state index >= 15 is 0 Å². The van der Waals surface area contributed by atoms with E-state index in [9.17, 15) is 4.79 Å². The number of nitrogens with one attached hydrogen (secondary N) is 1. The van der Waals surface area contributed by atoms with E-state index in [0.717, 1.165) is 11.3 Å². The van der Waals surface area contributed by atoms with Crippen molar-refractivity contribution in [2.75, 3.05) is 11.9 Å². The minimum atomic E-state index is -0.0444. The Labute approximate surface area is 118 Å². The normalized spacial score (nSPS) is 10.3. The number of anilines is 1. The Morgan fingerprint density at radius 2 is 2.15 bits per heavy atom. The number of carbonyl (C=O) groups excluding carboxylic acids is 1. The molecule has 0 saturated carbocycles.